The second-order valence-corrected chi connectivity index (χ2v) is 8.46. The molecule has 0 aromatic heterocycles. The van der Waals surface area contributed by atoms with Gasteiger partial charge in [0.05, 0.1) is 23.9 Å². The predicted molar refractivity (Wildman–Crippen MR) is 90.7 cm³/mol. The van der Waals surface area contributed by atoms with Crippen LogP contribution in [0.25, 0.3) is 0 Å². The first-order valence-corrected chi connectivity index (χ1v) is 9.27. The average molecular weight is 423 g/mol. The summed E-state index contributed by atoms with van der Waals surface area (Å²) in [6, 6.07) is 6.07. The number of ether oxygens (including phenoxy) is 3. The maximum absolute atomic E-state index is 12.5. The van der Waals surface area contributed by atoms with Gasteiger partial charge in [0.15, 0.2) is 0 Å². The van der Waals surface area contributed by atoms with Gasteiger partial charge in [-0.1, -0.05) is 48.0 Å². The van der Waals surface area contributed by atoms with Gasteiger partial charge in [-0.3, -0.25) is 0 Å². The number of halogens is 4. The molecule has 0 amide bonds. The Hall–Kier alpha value is -0.790. The van der Waals surface area contributed by atoms with Crippen LogP contribution in [0.3, 0.4) is 0 Å². The van der Waals surface area contributed by atoms with E-state index in [0.717, 1.165) is 12.8 Å². The highest BCUT2D eigenvalue weighted by Gasteiger charge is 2.65. The monoisotopic (exact) mass is 422 g/mol. The van der Waals surface area contributed by atoms with E-state index in [1.807, 2.05) is 6.92 Å². The van der Waals surface area contributed by atoms with Crippen molar-refractivity contribution in [2.45, 2.75) is 68.7 Å². The molecule has 2 aliphatic rings. The van der Waals surface area contributed by atoms with Crippen molar-refractivity contribution in [3.05, 3.63) is 29.8 Å². The zero-order chi connectivity index (χ0) is 18.5. The number of benzene rings is 1. The lowest BCUT2D eigenvalue weighted by atomic mass is 9.75. The van der Waals surface area contributed by atoms with E-state index in [1.165, 1.54) is 12.1 Å². The summed E-state index contributed by atoms with van der Waals surface area (Å²) in [4.78, 5) is 0.255. The van der Waals surface area contributed by atoms with Gasteiger partial charge in [0.2, 0.25) is 0 Å². The van der Waals surface area contributed by atoms with Crippen molar-refractivity contribution >= 4 is 15.9 Å². The van der Waals surface area contributed by atoms with Crippen molar-refractivity contribution < 1.29 is 27.4 Å². The lowest BCUT2D eigenvalue weighted by Gasteiger charge is -2.35. The van der Waals surface area contributed by atoms with Gasteiger partial charge in [-0.15, -0.1) is 13.2 Å². The molecule has 2 bridgehead atoms. The van der Waals surface area contributed by atoms with Gasteiger partial charge in [0.1, 0.15) is 5.75 Å². The van der Waals surface area contributed by atoms with Gasteiger partial charge < -0.3 is 14.2 Å². The summed E-state index contributed by atoms with van der Waals surface area (Å²) >= 11 is 3.73. The van der Waals surface area contributed by atoms with Crippen LogP contribution in [0.5, 0.6) is 5.75 Å². The molecule has 4 atom stereocenters. The molecule has 0 saturated carbocycles. The van der Waals surface area contributed by atoms with E-state index < -0.39 is 12.0 Å². The highest BCUT2D eigenvalue weighted by molar-refractivity contribution is 9.09. The molecule has 1 aromatic carbocycles. The fourth-order valence-corrected chi connectivity index (χ4v) is 5.38. The molecule has 25 heavy (non-hydrogen) atoms. The Morgan fingerprint density at radius 1 is 1.28 bits per heavy atom. The van der Waals surface area contributed by atoms with Crippen molar-refractivity contribution in [3.8, 4) is 5.75 Å². The number of alkyl halides is 4. The number of fused-ring (bicyclic) bond motifs is 2. The third kappa shape index (κ3) is 3.55. The number of hydrogen-bond donors (Lipinski definition) is 0. The van der Waals surface area contributed by atoms with Crippen molar-refractivity contribution in [2.75, 3.05) is 0 Å². The molecule has 3 nitrogen and oxygen atoms in total. The fourth-order valence-electron chi connectivity index (χ4n) is 3.93. The second-order valence-electron chi connectivity index (χ2n) is 7.36. The van der Waals surface area contributed by atoms with Crippen LogP contribution < -0.4 is 4.74 Å². The molecular weight excluding hydrogens is 401 g/mol. The molecule has 0 N–H and O–H groups in total. The Morgan fingerprint density at radius 2 is 1.96 bits per heavy atom. The third-order valence-electron chi connectivity index (χ3n) is 5.34. The molecule has 0 radical (unpaired) electrons. The zero-order valence-corrected chi connectivity index (χ0v) is 16.0. The van der Waals surface area contributed by atoms with Crippen LogP contribution in [0.2, 0.25) is 0 Å². The Bertz CT molecular complexity index is 636. The van der Waals surface area contributed by atoms with E-state index in [0.29, 0.717) is 11.5 Å². The van der Waals surface area contributed by atoms with Crippen molar-refractivity contribution in [2.24, 2.45) is 5.92 Å². The summed E-state index contributed by atoms with van der Waals surface area (Å²) in [6.07, 6.45) is -3.35. The first-order valence-electron chi connectivity index (χ1n) is 8.35. The first-order chi connectivity index (χ1) is 11.6. The molecule has 140 valence electrons. The van der Waals surface area contributed by atoms with Gasteiger partial charge in [0.25, 0.3) is 0 Å². The molecule has 7 heteroatoms. The van der Waals surface area contributed by atoms with E-state index >= 15 is 0 Å². The molecule has 2 fully saturated rings. The molecule has 2 saturated heterocycles. The normalized spacial score (nSPS) is 34.7. The van der Waals surface area contributed by atoms with Gasteiger partial charge in [0, 0.05) is 16.8 Å². The minimum atomic E-state index is -4.72. The Kier molecular flexibility index (Phi) is 4.88. The minimum absolute atomic E-state index is 0.0526. The summed E-state index contributed by atoms with van der Waals surface area (Å²) in [5, 5.41) is 0. The highest BCUT2D eigenvalue weighted by atomic mass is 79.9. The molecule has 0 unspecified atom stereocenters. The maximum atomic E-state index is 12.5. The molecule has 0 spiro atoms. The second kappa shape index (κ2) is 6.43. The number of rotatable bonds is 5. The van der Waals surface area contributed by atoms with Crippen molar-refractivity contribution in [3.63, 3.8) is 0 Å². The van der Waals surface area contributed by atoms with E-state index in [4.69, 9.17) is 9.47 Å². The topological polar surface area (TPSA) is 27.7 Å². The quantitative estimate of drug-likeness (QED) is 0.609. The van der Waals surface area contributed by atoms with Crippen molar-refractivity contribution in [1.29, 1.82) is 0 Å². The van der Waals surface area contributed by atoms with Crippen LogP contribution >= 0.6 is 15.9 Å². The summed E-state index contributed by atoms with van der Waals surface area (Å²) in [7, 11) is 0. The molecule has 2 heterocycles. The fraction of sp³-hybridized carbons (Fsp3) is 0.667. The largest absolute Gasteiger partial charge is 0.573 e. The van der Waals surface area contributed by atoms with Crippen LogP contribution in [0.1, 0.15) is 39.2 Å². The third-order valence-corrected chi connectivity index (χ3v) is 6.44. The Balaban J connectivity index is 1.72. The molecule has 3 rings (SSSR count). The van der Waals surface area contributed by atoms with Crippen LogP contribution in [0.4, 0.5) is 13.2 Å². The SMILES string of the molecule is CC(C)[C@]12C[C@@H](OCc3ccccc3OC(F)(F)F)[C@](C)(C[C@@H]1Br)O2. The van der Waals surface area contributed by atoms with Gasteiger partial charge >= 0.3 is 6.36 Å². The maximum Gasteiger partial charge on any atom is 0.573 e. The lowest BCUT2D eigenvalue weighted by Crippen LogP contribution is -2.44. The van der Waals surface area contributed by atoms with E-state index in [-0.39, 0.29) is 28.9 Å². The van der Waals surface area contributed by atoms with Gasteiger partial charge in [-0.25, -0.2) is 0 Å². The highest BCUT2D eigenvalue weighted by Crippen LogP contribution is 2.57. The molecule has 0 aliphatic carbocycles. The molecule has 1 aromatic rings. The number of para-hydroxylation sites is 1. The lowest BCUT2D eigenvalue weighted by molar-refractivity contribution is -0.275. The summed E-state index contributed by atoms with van der Waals surface area (Å²) < 4.78 is 54.1. The van der Waals surface area contributed by atoms with Gasteiger partial charge in [-0.2, -0.15) is 0 Å². The standard InChI is InChI=1S/C18H22BrF3O3/c1-11(2)17-9-15(16(3,25-17)8-14(17)19)23-10-12-6-4-5-7-13(12)24-18(20,21)22/h4-7,11,14-15H,8-10H2,1-3H3/t14-,15+,16-,17+/m0/s1. The van der Waals surface area contributed by atoms with Crippen LogP contribution in [-0.4, -0.2) is 28.5 Å². The van der Waals surface area contributed by atoms with E-state index in [1.54, 1.807) is 12.1 Å². The van der Waals surface area contributed by atoms with Crippen LogP contribution in [0.15, 0.2) is 24.3 Å². The first kappa shape index (κ1) is 19.0. The predicted octanol–water partition coefficient (Wildman–Crippen LogP) is 5.21. The summed E-state index contributed by atoms with van der Waals surface area (Å²) in [6.45, 7) is 6.31. The van der Waals surface area contributed by atoms with Crippen LogP contribution in [-0.2, 0) is 16.1 Å². The summed E-state index contributed by atoms with van der Waals surface area (Å²) in [5.74, 6) is 0.0920. The molecule has 2 aliphatic heterocycles. The van der Waals surface area contributed by atoms with Crippen LogP contribution in [0, 0.1) is 5.92 Å². The Morgan fingerprint density at radius 3 is 2.56 bits per heavy atom. The molecular formula is C18H22BrF3O3. The van der Waals surface area contributed by atoms with Crippen molar-refractivity contribution in [1.82, 2.24) is 0 Å². The smallest absolute Gasteiger partial charge is 0.405 e. The minimum Gasteiger partial charge on any atom is -0.405 e. The van der Waals surface area contributed by atoms with E-state index in [9.17, 15) is 13.2 Å². The zero-order valence-electron chi connectivity index (χ0n) is 14.4. The average Bonchev–Trinajstić information content (AvgIpc) is 2.93. The number of hydrogen-bond acceptors (Lipinski definition) is 3. The summed E-state index contributed by atoms with van der Waals surface area (Å²) in [5.41, 5.74) is -0.347. The van der Waals surface area contributed by atoms with E-state index in [2.05, 4.69) is 34.5 Å². The Labute approximate surface area is 154 Å². The van der Waals surface area contributed by atoms with Gasteiger partial charge in [-0.05, 0) is 25.3 Å².